The van der Waals surface area contributed by atoms with Gasteiger partial charge >= 0.3 is 0 Å². The minimum Gasteiger partial charge on any atom is -0.496 e. The van der Waals surface area contributed by atoms with Crippen molar-refractivity contribution in [1.82, 2.24) is 4.90 Å². The molecule has 4 atom stereocenters. The second kappa shape index (κ2) is 7.25. The summed E-state index contributed by atoms with van der Waals surface area (Å²) in [6, 6.07) is 8.36. The predicted molar refractivity (Wildman–Crippen MR) is 85.5 cm³/mol. The molecule has 1 aliphatic heterocycles. The van der Waals surface area contributed by atoms with E-state index in [4.69, 9.17) is 15.2 Å². The Bertz CT molecular complexity index is 450. The van der Waals surface area contributed by atoms with Crippen molar-refractivity contribution in [2.75, 3.05) is 27.3 Å². The Morgan fingerprint density at radius 2 is 2.00 bits per heavy atom. The van der Waals surface area contributed by atoms with Crippen molar-refractivity contribution in [2.45, 2.75) is 38.5 Å². The zero-order chi connectivity index (χ0) is 15.4. The van der Waals surface area contributed by atoms with Gasteiger partial charge in [0.1, 0.15) is 5.75 Å². The molecule has 4 unspecified atom stereocenters. The number of para-hydroxylation sites is 1. The first kappa shape index (κ1) is 16.3. The molecule has 1 saturated heterocycles. The smallest absolute Gasteiger partial charge is 0.123 e. The maximum absolute atomic E-state index is 6.31. The number of benzene rings is 1. The first-order valence-corrected chi connectivity index (χ1v) is 7.73. The number of likely N-dealkylation sites (tertiary alicyclic amines) is 1. The van der Waals surface area contributed by atoms with Crippen molar-refractivity contribution in [3.63, 3.8) is 0 Å². The SMILES string of the molecule is COc1ccccc1C(C(C)N)N1CCC(C)C(OC)C1. The molecule has 0 aliphatic carbocycles. The Morgan fingerprint density at radius 3 is 2.62 bits per heavy atom. The molecule has 0 saturated carbocycles. The van der Waals surface area contributed by atoms with E-state index in [9.17, 15) is 0 Å². The first-order valence-electron chi connectivity index (χ1n) is 7.73. The molecule has 1 aliphatic rings. The highest BCUT2D eigenvalue weighted by Gasteiger charge is 2.33. The third-order valence-electron chi connectivity index (χ3n) is 4.57. The number of ether oxygens (including phenoxy) is 2. The van der Waals surface area contributed by atoms with Gasteiger partial charge in [0.2, 0.25) is 0 Å². The lowest BCUT2D eigenvalue weighted by atomic mass is 9.91. The largest absolute Gasteiger partial charge is 0.496 e. The van der Waals surface area contributed by atoms with E-state index < -0.39 is 0 Å². The van der Waals surface area contributed by atoms with Crippen LogP contribution in [0.4, 0.5) is 0 Å². The highest BCUT2D eigenvalue weighted by Crippen LogP contribution is 2.34. The molecule has 1 heterocycles. The van der Waals surface area contributed by atoms with Crippen LogP contribution in [0, 0.1) is 5.92 Å². The molecule has 2 rings (SSSR count). The molecular weight excluding hydrogens is 264 g/mol. The van der Waals surface area contributed by atoms with E-state index in [0.717, 1.165) is 25.3 Å². The molecule has 0 amide bonds. The molecule has 4 heteroatoms. The van der Waals surface area contributed by atoms with Gasteiger partial charge in [-0.1, -0.05) is 25.1 Å². The third-order valence-corrected chi connectivity index (χ3v) is 4.57. The highest BCUT2D eigenvalue weighted by molar-refractivity contribution is 5.36. The van der Waals surface area contributed by atoms with Crippen LogP contribution in [0.15, 0.2) is 24.3 Å². The Kier molecular flexibility index (Phi) is 5.62. The van der Waals surface area contributed by atoms with E-state index in [0.29, 0.717) is 5.92 Å². The zero-order valence-corrected chi connectivity index (χ0v) is 13.6. The minimum atomic E-state index is 0.0345. The van der Waals surface area contributed by atoms with E-state index in [-0.39, 0.29) is 18.2 Å². The normalized spacial score (nSPS) is 26.3. The summed E-state index contributed by atoms with van der Waals surface area (Å²) in [4.78, 5) is 2.44. The molecule has 0 aromatic heterocycles. The van der Waals surface area contributed by atoms with Crippen molar-refractivity contribution >= 4 is 0 Å². The summed E-state index contributed by atoms with van der Waals surface area (Å²) in [5.74, 6) is 1.50. The van der Waals surface area contributed by atoms with Gasteiger partial charge in [-0.15, -0.1) is 0 Å². The van der Waals surface area contributed by atoms with E-state index in [1.165, 1.54) is 5.56 Å². The van der Waals surface area contributed by atoms with Gasteiger partial charge in [-0.3, -0.25) is 4.90 Å². The molecule has 4 nitrogen and oxygen atoms in total. The molecule has 0 radical (unpaired) electrons. The Hall–Kier alpha value is -1.10. The fourth-order valence-corrected chi connectivity index (χ4v) is 3.34. The summed E-state index contributed by atoms with van der Waals surface area (Å²) in [5, 5.41) is 0. The molecular formula is C17H28N2O2. The van der Waals surface area contributed by atoms with Crippen LogP contribution in [-0.2, 0) is 4.74 Å². The molecule has 0 spiro atoms. The quantitative estimate of drug-likeness (QED) is 0.905. The van der Waals surface area contributed by atoms with Gasteiger partial charge in [-0.25, -0.2) is 0 Å². The number of rotatable bonds is 5. The van der Waals surface area contributed by atoms with Crippen molar-refractivity contribution in [2.24, 2.45) is 11.7 Å². The number of nitrogens with zero attached hydrogens (tertiary/aromatic N) is 1. The number of hydrogen-bond acceptors (Lipinski definition) is 4. The Labute approximate surface area is 128 Å². The topological polar surface area (TPSA) is 47.7 Å². The van der Waals surface area contributed by atoms with E-state index in [1.807, 2.05) is 18.2 Å². The highest BCUT2D eigenvalue weighted by atomic mass is 16.5. The van der Waals surface area contributed by atoms with Crippen molar-refractivity contribution in [1.29, 1.82) is 0 Å². The average molecular weight is 292 g/mol. The van der Waals surface area contributed by atoms with E-state index in [1.54, 1.807) is 14.2 Å². The van der Waals surface area contributed by atoms with E-state index >= 15 is 0 Å². The molecule has 118 valence electrons. The fraction of sp³-hybridized carbons (Fsp3) is 0.647. The molecule has 1 aromatic rings. The summed E-state index contributed by atoms with van der Waals surface area (Å²) in [5.41, 5.74) is 7.47. The Morgan fingerprint density at radius 1 is 1.29 bits per heavy atom. The predicted octanol–water partition coefficient (Wildman–Crippen LogP) is 2.44. The maximum Gasteiger partial charge on any atom is 0.123 e. The average Bonchev–Trinajstić information content (AvgIpc) is 2.49. The lowest BCUT2D eigenvalue weighted by Crippen LogP contribution is -2.49. The number of nitrogens with two attached hydrogens (primary N) is 1. The summed E-state index contributed by atoms with van der Waals surface area (Å²) in [6.07, 6.45) is 1.41. The lowest BCUT2D eigenvalue weighted by molar-refractivity contribution is -0.0227. The van der Waals surface area contributed by atoms with Gasteiger partial charge < -0.3 is 15.2 Å². The first-order chi connectivity index (χ1) is 10.1. The second-order valence-corrected chi connectivity index (χ2v) is 6.08. The van der Waals surface area contributed by atoms with Gasteiger partial charge in [0.05, 0.1) is 19.3 Å². The van der Waals surface area contributed by atoms with Crippen molar-refractivity contribution in [3.8, 4) is 5.75 Å². The Balaban J connectivity index is 2.27. The van der Waals surface area contributed by atoms with E-state index in [2.05, 4.69) is 24.8 Å². The number of piperidine rings is 1. The van der Waals surface area contributed by atoms with Gasteiger partial charge in [-0.05, 0) is 31.9 Å². The zero-order valence-electron chi connectivity index (χ0n) is 13.6. The summed E-state index contributed by atoms with van der Waals surface area (Å²) >= 11 is 0. The van der Waals surface area contributed by atoms with Crippen LogP contribution in [0.1, 0.15) is 31.9 Å². The monoisotopic (exact) mass is 292 g/mol. The van der Waals surface area contributed by atoms with Crippen LogP contribution < -0.4 is 10.5 Å². The summed E-state index contributed by atoms with van der Waals surface area (Å²) < 4.78 is 11.2. The number of hydrogen-bond donors (Lipinski definition) is 1. The molecule has 0 bridgehead atoms. The molecule has 2 N–H and O–H groups in total. The lowest BCUT2D eigenvalue weighted by Gasteiger charge is -2.42. The van der Waals surface area contributed by atoms with Crippen LogP contribution in [-0.4, -0.2) is 44.4 Å². The van der Waals surface area contributed by atoms with Crippen molar-refractivity contribution < 1.29 is 9.47 Å². The number of methoxy groups -OCH3 is 2. The standard InChI is InChI=1S/C17H28N2O2/c1-12-9-10-19(11-16(12)21-4)17(13(2)18)14-7-5-6-8-15(14)20-3/h5-8,12-13,16-17H,9-11,18H2,1-4H3. The van der Waals surface area contributed by atoms with Gasteiger partial charge in [0, 0.05) is 25.3 Å². The minimum absolute atomic E-state index is 0.0345. The van der Waals surface area contributed by atoms with Crippen LogP contribution in [0.3, 0.4) is 0 Å². The third kappa shape index (κ3) is 3.57. The van der Waals surface area contributed by atoms with Gasteiger partial charge in [-0.2, -0.15) is 0 Å². The van der Waals surface area contributed by atoms with Gasteiger partial charge in [0.15, 0.2) is 0 Å². The summed E-state index contributed by atoms with van der Waals surface area (Å²) in [6.45, 7) is 6.29. The molecule has 21 heavy (non-hydrogen) atoms. The molecule has 1 fully saturated rings. The van der Waals surface area contributed by atoms with Crippen molar-refractivity contribution in [3.05, 3.63) is 29.8 Å². The molecule has 1 aromatic carbocycles. The summed E-state index contributed by atoms with van der Waals surface area (Å²) in [7, 11) is 3.52. The van der Waals surface area contributed by atoms with Crippen LogP contribution in [0.25, 0.3) is 0 Å². The fourth-order valence-electron chi connectivity index (χ4n) is 3.34. The van der Waals surface area contributed by atoms with Gasteiger partial charge in [0.25, 0.3) is 0 Å². The maximum atomic E-state index is 6.31. The van der Waals surface area contributed by atoms with Crippen LogP contribution >= 0.6 is 0 Å². The van der Waals surface area contributed by atoms with Crippen LogP contribution in [0.5, 0.6) is 5.75 Å². The van der Waals surface area contributed by atoms with Crippen LogP contribution in [0.2, 0.25) is 0 Å². The second-order valence-electron chi connectivity index (χ2n) is 6.08.